The second-order valence-electron chi connectivity index (χ2n) is 3.26. The molecule has 17 heavy (non-hydrogen) atoms. The number of nitrogen functional groups attached to an aromatic ring is 1. The Balaban J connectivity index is 2.04. The van der Waals surface area contributed by atoms with Gasteiger partial charge in [0, 0.05) is 11.6 Å². The predicted molar refractivity (Wildman–Crippen MR) is 63.0 cm³/mol. The van der Waals surface area contributed by atoms with Gasteiger partial charge in [-0.2, -0.15) is 4.98 Å². The van der Waals surface area contributed by atoms with Crippen molar-refractivity contribution in [3.63, 3.8) is 0 Å². The molecule has 3 aromatic heterocycles. The average Bonchev–Trinajstić information content (AvgIpc) is 3.00. The van der Waals surface area contributed by atoms with Crippen molar-refractivity contribution < 1.29 is 4.52 Å². The number of thiazole rings is 1. The molecule has 0 spiro atoms. The Labute approximate surface area is 100 Å². The van der Waals surface area contributed by atoms with Crippen molar-refractivity contribution in [2.45, 2.75) is 0 Å². The highest BCUT2D eigenvalue weighted by Gasteiger charge is 2.13. The van der Waals surface area contributed by atoms with E-state index in [9.17, 15) is 0 Å². The first-order valence-electron chi connectivity index (χ1n) is 4.77. The summed E-state index contributed by atoms with van der Waals surface area (Å²) in [6.07, 6.45) is 3.17. The lowest BCUT2D eigenvalue weighted by molar-refractivity contribution is 0.432. The van der Waals surface area contributed by atoms with Crippen molar-refractivity contribution in [1.29, 1.82) is 0 Å². The van der Waals surface area contributed by atoms with Crippen LogP contribution < -0.4 is 5.73 Å². The van der Waals surface area contributed by atoms with Crippen LogP contribution in [0.3, 0.4) is 0 Å². The lowest BCUT2D eigenvalue weighted by atomic mass is 10.2. The van der Waals surface area contributed by atoms with Crippen LogP contribution >= 0.6 is 11.3 Å². The fourth-order valence-corrected chi connectivity index (χ4v) is 1.89. The Morgan fingerprint density at radius 3 is 3.06 bits per heavy atom. The third-order valence-corrected chi connectivity index (χ3v) is 2.76. The summed E-state index contributed by atoms with van der Waals surface area (Å²) in [6, 6.07) is 1.73. The van der Waals surface area contributed by atoms with E-state index in [2.05, 4.69) is 20.1 Å². The van der Waals surface area contributed by atoms with Crippen LogP contribution in [-0.2, 0) is 0 Å². The SMILES string of the molecule is Nc1cnccc1-c1nc(-c2cscn2)no1. The summed E-state index contributed by atoms with van der Waals surface area (Å²) in [5.41, 5.74) is 9.36. The Bertz CT molecular complexity index is 634. The molecule has 0 unspecified atom stereocenters. The molecule has 3 aromatic rings. The highest BCUT2D eigenvalue weighted by atomic mass is 32.1. The molecule has 84 valence electrons. The van der Waals surface area contributed by atoms with Gasteiger partial charge in [0.05, 0.1) is 23.0 Å². The van der Waals surface area contributed by atoms with Crippen LogP contribution in [0, 0.1) is 0 Å². The zero-order valence-electron chi connectivity index (χ0n) is 8.57. The molecule has 0 saturated carbocycles. The van der Waals surface area contributed by atoms with Crippen LogP contribution in [-0.4, -0.2) is 20.1 Å². The third-order valence-electron chi connectivity index (χ3n) is 2.17. The van der Waals surface area contributed by atoms with E-state index in [-0.39, 0.29) is 0 Å². The number of rotatable bonds is 2. The first kappa shape index (κ1) is 9.91. The van der Waals surface area contributed by atoms with E-state index < -0.39 is 0 Å². The largest absolute Gasteiger partial charge is 0.397 e. The standard InChI is InChI=1S/C10H7N5OS/c11-7-3-12-2-1-6(7)10-14-9(15-16-10)8-4-17-5-13-8/h1-5H,11H2. The van der Waals surface area contributed by atoms with Gasteiger partial charge in [0.15, 0.2) is 0 Å². The topological polar surface area (TPSA) is 90.7 Å². The highest BCUT2D eigenvalue weighted by molar-refractivity contribution is 7.07. The molecule has 0 aliphatic carbocycles. The van der Waals surface area contributed by atoms with Crippen molar-refractivity contribution in [2.75, 3.05) is 5.73 Å². The van der Waals surface area contributed by atoms with Gasteiger partial charge in [-0.25, -0.2) is 4.98 Å². The van der Waals surface area contributed by atoms with E-state index in [0.29, 0.717) is 28.7 Å². The second-order valence-corrected chi connectivity index (χ2v) is 3.98. The summed E-state index contributed by atoms with van der Waals surface area (Å²) in [6.45, 7) is 0. The highest BCUT2D eigenvalue weighted by Crippen LogP contribution is 2.25. The molecule has 0 radical (unpaired) electrons. The molecule has 7 heteroatoms. The smallest absolute Gasteiger partial charge is 0.260 e. The summed E-state index contributed by atoms with van der Waals surface area (Å²) in [7, 11) is 0. The fourth-order valence-electron chi connectivity index (χ4n) is 1.36. The van der Waals surface area contributed by atoms with E-state index in [4.69, 9.17) is 10.3 Å². The van der Waals surface area contributed by atoms with Crippen LogP contribution in [0.5, 0.6) is 0 Å². The number of nitrogens with zero attached hydrogens (tertiary/aromatic N) is 4. The fraction of sp³-hybridized carbons (Fsp3) is 0. The number of aromatic nitrogens is 4. The Morgan fingerprint density at radius 1 is 1.35 bits per heavy atom. The summed E-state index contributed by atoms with van der Waals surface area (Å²) in [4.78, 5) is 12.2. The zero-order valence-corrected chi connectivity index (χ0v) is 9.39. The maximum atomic E-state index is 5.78. The summed E-state index contributed by atoms with van der Waals surface area (Å²) < 4.78 is 5.15. The Morgan fingerprint density at radius 2 is 2.29 bits per heavy atom. The Hall–Kier alpha value is -2.28. The first-order chi connectivity index (χ1) is 8.34. The normalized spacial score (nSPS) is 10.6. The molecule has 3 heterocycles. The second kappa shape index (κ2) is 3.95. The van der Waals surface area contributed by atoms with Crippen molar-refractivity contribution >= 4 is 17.0 Å². The first-order valence-corrected chi connectivity index (χ1v) is 5.71. The van der Waals surface area contributed by atoms with Gasteiger partial charge >= 0.3 is 0 Å². The van der Waals surface area contributed by atoms with Crippen LogP contribution in [0.2, 0.25) is 0 Å². The number of hydrogen-bond acceptors (Lipinski definition) is 7. The number of pyridine rings is 1. The average molecular weight is 245 g/mol. The van der Waals surface area contributed by atoms with Crippen LogP contribution in [0.1, 0.15) is 0 Å². The summed E-state index contributed by atoms with van der Waals surface area (Å²) >= 11 is 1.48. The van der Waals surface area contributed by atoms with Crippen molar-refractivity contribution in [3.05, 3.63) is 29.4 Å². The van der Waals surface area contributed by atoms with Gasteiger partial charge in [-0.1, -0.05) is 5.16 Å². The molecule has 3 rings (SSSR count). The van der Waals surface area contributed by atoms with Crippen molar-refractivity contribution in [1.82, 2.24) is 20.1 Å². The van der Waals surface area contributed by atoms with Gasteiger partial charge < -0.3 is 10.3 Å². The number of hydrogen-bond donors (Lipinski definition) is 1. The third kappa shape index (κ3) is 1.76. The van der Waals surface area contributed by atoms with E-state index in [1.165, 1.54) is 11.3 Å². The van der Waals surface area contributed by atoms with E-state index in [1.54, 1.807) is 24.0 Å². The molecular formula is C10H7N5OS. The monoisotopic (exact) mass is 245 g/mol. The number of nitrogens with two attached hydrogens (primary N) is 1. The number of anilines is 1. The van der Waals surface area contributed by atoms with Crippen LogP contribution in [0.15, 0.2) is 33.9 Å². The molecule has 0 aliphatic rings. The van der Waals surface area contributed by atoms with Crippen molar-refractivity contribution in [2.24, 2.45) is 0 Å². The lowest BCUT2D eigenvalue weighted by Gasteiger charge is -1.96. The van der Waals surface area contributed by atoms with Gasteiger partial charge in [-0.3, -0.25) is 4.98 Å². The maximum Gasteiger partial charge on any atom is 0.260 e. The molecule has 0 amide bonds. The lowest BCUT2D eigenvalue weighted by Crippen LogP contribution is -1.90. The summed E-state index contributed by atoms with van der Waals surface area (Å²) in [5, 5.41) is 5.71. The molecule has 0 saturated heterocycles. The Kier molecular flexibility index (Phi) is 2.30. The van der Waals surface area contributed by atoms with Gasteiger partial charge in [-0.15, -0.1) is 11.3 Å². The van der Waals surface area contributed by atoms with E-state index >= 15 is 0 Å². The minimum absolute atomic E-state index is 0.368. The molecule has 0 atom stereocenters. The minimum Gasteiger partial charge on any atom is -0.397 e. The quantitative estimate of drug-likeness (QED) is 0.740. The molecule has 6 nitrogen and oxygen atoms in total. The molecule has 2 N–H and O–H groups in total. The van der Waals surface area contributed by atoms with Crippen LogP contribution in [0.25, 0.3) is 23.0 Å². The molecule has 0 bridgehead atoms. The molecule has 0 fully saturated rings. The maximum absolute atomic E-state index is 5.78. The minimum atomic E-state index is 0.368. The molecular weight excluding hydrogens is 238 g/mol. The van der Waals surface area contributed by atoms with Gasteiger partial charge in [0.25, 0.3) is 5.89 Å². The van der Waals surface area contributed by atoms with Crippen molar-refractivity contribution in [3.8, 4) is 23.0 Å². The van der Waals surface area contributed by atoms with E-state index in [0.717, 1.165) is 0 Å². The van der Waals surface area contributed by atoms with Gasteiger partial charge in [0.1, 0.15) is 5.69 Å². The summed E-state index contributed by atoms with van der Waals surface area (Å²) in [5.74, 6) is 0.824. The predicted octanol–water partition coefficient (Wildman–Crippen LogP) is 1.84. The van der Waals surface area contributed by atoms with E-state index in [1.807, 2.05) is 5.38 Å². The molecule has 0 aliphatic heterocycles. The zero-order chi connectivity index (χ0) is 11.7. The van der Waals surface area contributed by atoms with Gasteiger partial charge in [0.2, 0.25) is 5.82 Å². The molecule has 0 aromatic carbocycles. The van der Waals surface area contributed by atoms with Gasteiger partial charge in [-0.05, 0) is 6.07 Å². The van der Waals surface area contributed by atoms with Crippen LogP contribution in [0.4, 0.5) is 5.69 Å².